The van der Waals surface area contributed by atoms with Crippen LogP contribution in [0.2, 0.25) is 5.02 Å². The predicted molar refractivity (Wildman–Crippen MR) is 116 cm³/mol. The van der Waals surface area contributed by atoms with Crippen molar-refractivity contribution >= 4 is 35.2 Å². The smallest absolute Gasteiger partial charge is 0.251 e. The Morgan fingerprint density at radius 1 is 1.00 bits per heavy atom. The normalized spacial score (nSPS) is 16.9. The summed E-state index contributed by atoms with van der Waals surface area (Å²) in [6.45, 7) is 2.92. The lowest BCUT2D eigenvalue weighted by atomic mass is 10.1. The van der Waals surface area contributed by atoms with E-state index in [2.05, 4.69) is 10.2 Å². The zero-order valence-corrected chi connectivity index (χ0v) is 16.9. The number of amides is 2. The highest BCUT2D eigenvalue weighted by Gasteiger charge is 2.23. The Morgan fingerprint density at radius 3 is 2.38 bits per heavy atom. The lowest BCUT2D eigenvalue weighted by Crippen LogP contribution is -2.48. The second-order valence-electron chi connectivity index (χ2n) is 7.50. The van der Waals surface area contributed by atoms with E-state index in [-0.39, 0.29) is 11.8 Å². The summed E-state index contributed by atoms with van der Waals surface area (Å²) in [4.78, 5) is 28.6. The zero-order chi connectivity index (χ0) is 20.2. The van der Waals surface area contributed by atoms with Crippen molar-refractivity contribution in [2.24, 2.45) is 0 Å². The first-order valence-electron chi connectivity index (χ1n) is 9.97. The molecular weight excluding hydrogens is 386 g/mol. The number of halogens is 1. The summed E-state index contributed by atoms with van der Waals surface area (Å²) < 4.78 is 0. The number of piperazine rings is 1. The third kappa shape index (κ3) is 5.18. The molecular formula is C23H24ClN3O2. The van der Waals surface area contributed by atoms with Gasteiger partial charge in [0.15, 0.2) is 0 Å². The fourth-order valence-corrected chi connectivity index (χ4v) is 3.56. The molecule has 0 atom stereocenters. The quantitative estimate of drug-likeness (QED) is 0.768. The van der Waals surface area contributed by atoms with Gasteiger partial charge in [0, 0.05) is 54.6 Å². The van der Waals surface area contributed by atoms with Crippen LogP contribution in [0.25, 0.3) is 6.08 Å². The van der Waals surface area contributed by atoms with Gasteiger partial charge in [-0.15, -0.1) is 0 Å². The molecule has 0 aromatic heterocycles. The van der Waals surface area contributed by atoms with E-state index in [9.17, 15) is 9.59 Å². The molecule has 2 fully saturated rings. The molecule has 2 aromatic rings. The first-order valence-corrected chi connectivity index (χ1v) is 10.3. The van der Waals surface area contributed by atoms with Crippen LogP contribution in [-0.4, -0.2) is 48.9 Å². The van der Waals surface area contributed by atoms with Crippen molar-refractivity contribution < 1.29 is 9.59 Å². The van der Waals surface area contributed by atoms with Crippen molar-refractivity contribution in [3.8, 4) is 0 Å². The molecule has 1 aliphatic carbocycles. The highest BCUT2D eigenvalue weighted by Crippen LogP contribution is 2.21. The Labute approximate surface area is 175 Å². The zero-order valence-electron chi connectivity index (χ0n) is 16.2. The van der Waals surface area contributed by atoms with Crippen LogP contribution in [-0.2, 0) is 4.79 Å². The van der Waals surface area contributed by atoms with E-state index in [1.807, 2.05) is 41.3 Å². The Morgan fingerprint density at radius 2 is 1.72 bits per heavy atom. The van der Waals surface area contributed by atoms with Gasteiger partial charge in [-0.2, -0.15) is 0 Å². The standard InChI is InChI=1S/C23H24ClN3O2/c24-19-2-1-3-21(16-19)26-12-14-27(15-13-26)22(28)11-6-17-4-7-18(8-5-17)23(29)25-20-9-10-20/h1-8,11,16,20H,9-10,12-15H2,(H,25,29)/b11-6+. The average molecular weight is 410 g/mol. The summed E-state index contributed by atoms with van der Waals surface area (Å²) >= 11 is 6.07. The third-order valence-corrected chi connectivity index (χ3v) is 5.50. The van der Waals surface area contributed by atoms with Crippen molar-refractivity contribution in [1.82, 2.24) is 10.2 Å². The maximum atomic E-state index is 12.5. The molecule has 5 nitrogen and oxygen atoms in total. The van der Waals surface area contributed by atoms with Gasteiger partial charge in [-0.25, -0.2) is 0 Å². The minimum absolute atomic E-state index is 0.00583. The Hall–Kier alpha value is -2.79. The molecule has 150 valence electrons. The number of hydrogen-bond donors (Lipinski definition) is 1. The maximum absolute atomic E-state index is 12.5. The largest absolute Gasteiger partial charge is 0.368 e. The van der Waals surface area contributed by atoms with Crippen LogP contribution in [0.4, 0.5) is 5.69 Å². The number of carbonyl (C=O) groups excluding carboxylic acids is 2. The first-order chi connectivity index (χ1) is 14.1. The second-order valence-corrected chi connectivity index (χ2v) is 7.93. The lowest BCUT2D eigenvalue weighted by molar-refractivity contribution is -0.126. The summed E-state index contributed by atoms with van der Waals surface area (Å²) in [5.41, 5.74) is 2.64. The highest BCUT2D eigenvalue weighted by molar-refractivity contribution is 6.30. The van der Waals surface area contributed by atoms with E-state index >= 15 is 0 Å². The maximum Gasteiger partial charge on any atom is 0.251 e. The average Bonchev–Trinajstić information content (AvgIpc) is 3.56. The van der Waals surface area contributed by atoms with Gasteiger partial charge in [0.2, 0.25) is 5.91 Å². The summed E-state index contributed by atoms with van der Waals surface area (Å²) in [5, 5.41) is 3.69. The van der Waals surface area contributed by atoms with E-state index < -0.39 is 0 Å². The summed E-state index contributed by atoms with van der Waals surface area (Å²) in [7, 11) is 0. The van der Waals surface area contributed by atoms with Crippen LogP contribution in [0, 0.1) is 0 Å². The monoisotopic (exact) mass is 409 g/mol. The Bertz CT molecular complexity index is 914. The number of anilines is 1. The van der Waals surface area contributed by atoms with Crippen LogP contribution in [0.5, 0.6) is 0 Å². The molecule has 1 saturated heterocycles. The van der Waals surface area contributed by atoms with Crippen LogP contribution in [0.15, 0.2) is 54.6 Å². The Balaban J connectivity index is 1.29. The molecule has 1 aliphatic heterocycles. The van der Waals surface area contributed by atoms with Crippen LogP contribution in [0.3, 0.4) is 0 Å². The number of benzene rings is 2. The van der Waals surface area contributed by atoms with Crippen LogP contribution >= 0.6 is 11.6 Å². The van der Waals surface area contributed by atoms with Gasteiger partial charge in [0.05, 0.1) is 0 Å². The van der Waals surface area contributed by atoms with Gasteiger partial charge in [0.25, 0.3) is 5.91 Å². The summed E-state index contributed by atoms with van der Waals surface area (Å²) in [6, 6.07) is 15.5. The molecule has 2 aliphatic rings. The predicted octanol–water partition coefficient (Wildman–Crippen LogP) is 3.59. The number of hydrogen-bond acceptors (Lipinski definition) is 3. The van der Waals surface area contributed by atoms with E-state index in [1.54, 1.807) is 24.3 Å². The van der Waals surface area contributed by atoms with E-state index in [1.165, 1.54) is 0 Å². The molecule has 0 spiro atoms. The number of rotatable bonds is 5. The molecule has 4 rings (SSSR count). The van der Waals surface area contributed by atoms with Crippen molar-refractivity contribution in [3.05, 3.63) is 70.8 Å². The molecule has 6 heteroatoms. The number of nitrogens with zero attached hydrogens (tertiary/aromatic N) is 2. The molecule has 0 radical (unpaired) electrons. The fourth-order valence-electron chi connectivity index (χ4n) is 3.37. The fraction of sp³-hybridized carbons (Fsp3) is 0.304. The number of carbonyl (C=O) groups is 2. The lowest BCUT2D eigenvalue weighted by Gasteiger charge is -2.35. The van der Waals surface area contributed by atoms with Crippen LogP contribution < -0.4 is 10.2 Å². The molecule has 0 unspecified atom stereocenters. The first kappa shape index (κ1) is 19.5. The second kappa shape index (κ2) is 8.70. The molecule has 1 heterocycles. The molecule has 0 bridgehead atoms. The number of nitrogens with one attached hydrogen (secondary N) is 1. The van der Waals surface area contributed by atoms with E-state index in [0.717, 1.165) is 42.2 Å². The summed E-state index contributed by atoms with van der Waals surface area (Å²) in [5.74, 6) is -0.0250. The minimum atomic E-state index is -0.0309. The van der Waals surface area contributed by atoms with Crippen molar-refractivity contribution in [2.75, 3.05) is 31.1 Å². The molecule has 2 aromatic carbocycles. The van der Waals surface area contributed by atoms with Gasteiger partial charge in [0.1, 0.15) is 0 Å². The van der Waals surface area contributed by atoms with E-state index in [0.29, 0.717) is 24.7 Å². The van der Waals surface area contributed by atoms with Gasteiger partial charge < -0.3 is 15.1 Å². The molecule has 2 amide bonds. The van der Waals surface area contributed by atoms with Gasteiger partial charge >= 0.3 is 0 Å². The molecule has 1 N–H and O–H groups in total. The van der Waals surface area contributed by atoms with E-state index in [4.69, 9.17) is 11.6 Å². The van der Waals surface area contributed by atoms with Gasteiger partial charge in [-0.3, -0.25) is 9.59 Å². The third-order valence-electron chi connectivity index (χ3n) is 5.27. The van der Waals surface area contributed by atoms with Crippen molar-refractivity contribution in [2.45, 2.75) is 18.9 Å². The minimum Gasteiger partial charge on any atom is -0.368 e. The Kier molecular flexibility index (Phi) is 5.86. The van der Waals surface area contributed by atoms with Gasteiger partial charge in [-0.05, 0) is 54.8 Å². The van der Waals surface area contributed by atoms with Gasteiger partial charge in [-0.1, -0.05) is 29.8 Å². The van der Waals surface area contributed by atoms with Crippen molar-refractivity contribution in [3.63, 3.8) is 0 Å². The summed E-state index contributed by atoms with van der Waals surface area (Å²) in [6.07, 6.45) is 5.55. The molecule has 1 saturated carbocycles. The highest BCUT2D eigenvalue weighted by atomic mass is 35.5. The molecule has 29 heavy (non-hydrogen) atoms. The SMILES string of the molecule is O=C(NC1CC1)c1ccc(/C=C/C(=O)N2CCN(c3cccc(Cl)c3)CC2)cc1. The topological polar surface area (TPSA) is 52.7 Å². The van der Waals surface area contributed by atoms with Crippen LogP contribution in [0.1, 0.15) is 28.8 Å². The van der Waals surface area contributed by atoms with Crippen molar-refractivity contribution in [1.29, 1.82) is 0 Å².